The van der Waals surface area contributed by atoms with Gasteiger partial charge in [-0.3, -0.25) is 0 Å². The lowest BCUT2D eigenvalue weighted by Crippen LogP contribution is -2.80. The van der Waals surface area contributed by atoms with Crippen molar-refractivity contribution >= 4 is 23.7 Å². The van der Waals surface area contributed by atoms with Crippen LogP contribution in [0.25, 0.3) is 0 Å². The number of hydrogen-bond acceptors (Lipinski definition) is 15. The molecule has 15 heteroatoms. The highest BCUT2D eigenvalue weighted by Gasteiger charge is 2.81. The molecule has 0 N–H and O–H groups in total. The minimum atomic E-state index is -2.00. The van der Waals surface area contributed by atoms with Gasteiger partial charge in [-0.05, 0) is 83.1 Å². The average Bonchev–Trinajstić information content (AvgIpc) is 3.15. The smallest absolute Gasteiger partial charge is 0.335 e. The molecule has 316 valence electrons. The van der Waals surface area contributed by atoms with Crippen LogP contribution in [0.15, 0.2) is 49.0 Å². The summed E-state index contributed by atoms with van der Waals surface area (Å²) in [7, 11) is 0. The monoisotopic (exact) mass is 802 g/mol. The van der Waals surface area contributed by atoms with Gasteiger partial charge in [0.05, 0.1) is 11.8 Å². The van der Waals surface area contributed by atoms with Gasteiger partial charge in [-0.2, -0.15) is 0 Å². The summed E-state index contributed by atoms with van der Waals surface area (Å²) in [4.78, 5) is 22.3. The van der Waals surface area contributed by atoms with Crippen LogP contribution in [0.5, 0.6) is 0 Å². The molecule has 2 rings (SSSR count). The number of carbonyl (C=O) groups excluding carboxylic acids is 2. The molecule has 0 bridgehead atoms. The van der Waals surface area contributed by atoms with Gasteiger partial charge in [0.1, 0.15) is 11.5 Å². The number of ether oxygens (including phenoxy) is 12. The molecule has 0 aromatic carbocycles. The fourth-order valence-electron chi connectivity index (χ4n) is 7.50. The Morgan fingerprint density at radius 2 is 0.764 bits per heavy atom. The fourth-order valence-corrected chi connectivity index (χ4v) is 9.44. The second-order valence-electron chi connectivity index (χ2n) is 12.1. The first-order chi connectivity index (χ1) is 26.3. The normalized spacial score (nSPS) is 26.4. The summed E-state index contributed by atoms with van der Waals surface area (Å²) >= 11 is 0.997. The minimum absolute atomic E-state index is 0.0513. The number of carbonyl (C=O) groups is 2. The number of rotatable bonds is 26. The highest BCUT2D eigenvalue weighted by molar-refractivity contribution is 8.02. The third kappa shape index (κ3) is 8.68. The van der Waals surface area contributed by atoms with E-state index in [0.717, 1.165) is 23.9 Å². The molecule has 0 spiro atoms. The number of thioether (sulfide) groups is 1. The first-order valence-corrected chi connectivity index (χ1v) is 20.3. The first-order valence-electron chi connectivity index (χ1n) is 19.5. The van der Waals surface area contributed by atoms with E-state index in [4.69, 9.17) is 56.8 Å². The van der Waals surface area contributed by atoms with Crippen molar-refractivity contribution in [3.05, 3.63) is 49.0 Å². The van der Waals surface area contributed by atoms with E-state index in [1.165, 1.54) is 0 Å². The highest BCUT2D eigenvalue weighted by atomic mass is 32.2. The van der Waals surface area contributed by atoms with Crippen LogP contribution >= 0.6 is 11.8 Å². The lowest BCUT2D eigenvalue weighted by Gasteiger charge is -2.64. The van der Waals surface area contributed by atoms with Crippen LogP contribution in [0.1, 0.15) is 83.1 Å². The van der Waals surface area contributed by atoms with E-state index in [9.17, 15) is 9.59 Å². The van der Waals surface area contributed by atoms with Crippen molar-refractivity contribution in [2.75, 3.05) is 66.1 Å². The van der Waals surface area contributed by atoms with Gasteiger partial charge in [0, 0.05) is 90.4 Å². The Bertz CT molecular complexity index is 1210. The Hall–Kier alpha value is -2.15. The zero-order chi connectivity index (χ0) is 41.6. The van der Waals surface area contributed by atoms with Crippen molar-refractivity contribution in [1.29, 1.82) is 0 Å². The topological polar surface area (TPSA) is 145 Å². The van der Waals surface area contributed by atoms with Crippen LogP contribution in [-0.4, -0.2) is 111 Å². The van der Waals surface area contributed by atoms with Gasteiger partial charge in [0.2, 0.25) is 11.6 Å². The number of hydrogen-bond donors (Lipinski definition) is 0. The van der Waals surface area contributed by atoms with Crippen LogP contribution in [0.3, 0.4) is 0 Å². The van der Waals surface area contributed by atoms with Crippen LogP contribution in [0.4, 0.5) is 0 Å². The Labute approximate surface area is 332 Å². The minimum Gasteiger partial charge on any atom is -0.428 e. The van der Waals surface area contributed by atoms with Gasteiger partial charge in [-0.25, -0.2) is 9.59 Å². The van der Waals surface area contributed by atoms with Crippen molar-refractivity contribution < 1.29 is 66.4 Å². The zero-order valence-electron chi connectivity index (χ0n) is 35.1. The third-order valence-electron chi connectivity index (χ3n) is 9.11. The van der Waals surface area contributed by atoms with Crippen LogP contribution in [0.2, 0.25) is 0 Å². The first kappa shape index (κ1) is 49.0. The third-order valence-corrected chi connectivity index (χ3v) is 10.7. The SMILES string of the molecule is C=CC(=O)OC1=CC(OCC)(SC2(OCC)C=C(OC(=O)C=C)C(C)C(OCC)(OCC)C2(OCC)OCC)C(OCC)(OCC)C(OCC)(OCC)C1C. The van der Waals surface area contributed by atoms with Gasteiger partial charge in [0.25, 0.3) is 11.6 Å². The summed E-state index contributed by atoms with van der Waals surface area (Å²) in [6.45, 7) is 29.8. The summed E-state index contributed by atoms with van der Waals surface area (Å²) < 4.78 is 79.9. The van der Waals surface area contributed by atoms with Gasteiger partial charge < -0.3 is 56.8 Å². The Morgan fingerprint density at radius 1 is 0.509 bits per heavy atom. The van der Waals surface area contributed by atoms with Gasteiger partial charge in [0.15, 0.2) is 9.87 Å². The van der Waals surface area contributed by atoms with Crippen LogP contribution in [0, 0.1) is 11.8 Å². The molecular weight excluding hydrogens is 736 g/mol. The van der Waals surface area contributed by atoms with Crippen molar-refractivity contribution in [1.82, 2.24) is 0 Å². The molecule has 4 atom stereocenters. The molecule has 0 heterocycles. The largest absolute Gasteiger partial charge is 0.428 e. The molecule has 0 radical (unpaired) electrons. The molecule has 0 aromatic heterocycles. The van der Waals surface area contributed by atoms with E-state index in [1.54, 1.807) is 95.2 Å². The van der Waals surface area contributed by atoms with E-state index in [2.05, 4.69) is 13.2 Å². The maximum absolute atomic E-state index is 13.1. The van der Waals surface area contributed by atoms with Crippen LogP contribution in [-0.2, 0) is 66.4 Å². The van der Waals surface area contributed by atoms with Gasteiger partial charge >= 0.3 is 11.9 Å². The standard InChI is InChI=1S/C40H66O14S/c1-15-33(41)53-31-27-35(43-17-3,39(49-23-9,50-24-10)37(29(31)13,45-19-5)46-20-6)55-36(44-18-4)28-32(54-34(42)16-2)30(14)38(47-21-7,48-22-8)40(36,51-25-11)52-26-12/h15-16,27-30H,1-2,17-26H2,3-14H3. The maximum Gasteiger partial charge on any atom is 0.335 e. The van der Waals surface area contributed by atoms with Gasteiger partial charge in [-0.15, -0.1) is 0 Å². The molecule has 2 aliphatic rings. The molecule has 4 unspecified atom stereocenters. The molecule has 14 nitrogen and oxygen atoms in total. The zero-order valence-corrected chi connectivity index (χ0v) is 35.9. The predicted octanol–water partition coefficient (Wildman–Crippen LogP) is 6.79. The second kappa shape index (κ2) is 21.6. The van der Waals surface area contributed by atoms with E-state index in [-0.39, 0.29) is 77.6 Å². The molecule has 0 fully saturated rings. The molecule has 55 heavy (non-hydrogen) atoms. The molecule has 2 aliphatic carbocycles. The molecule has 0 saturated heterocycles. The lowest BCUT2D eigenvalue weighted by atomic mass is 9.79. The second-order valence-corrected chi connectivity index (χ2v) is 13.5. The van der Waals surface area contributed by atoms with Gasteiger partial charge in [-0.1, -0.05) is 24.9 Å². The summed E-state index contributed by atoms with van der Waals surface area (Å²) in [5.74, 6) is -10.6. The van der Waals surface area contributed by atoms with Crippen molar-refractivity contribution in [2.45, 2.75) is 116 Å². The highest BCUT2D eigenvalue weighted by Crippen LogP contribution is 2.66. The molecular formula is C40H66O14S. The Balaban J connectivity index is 3.54. The summed E-state index contributed by atoms with van der Waals surface area (Å²) in [5, 5.41) is 0. The molecule has 0 amide bonds. The fraction of sp³-hybridized carbons (Fsp3) is 0.750. The Morgan fingerprint density at radius 3 is 0.982 bits per heavy atom. The summed E-state index contributed by atoms with van der Waals surface area (Å²) in [5.41, 5.74) is 0. The maximum atomic E-state index is 13.1. The quantitative estimate of drug-likeness (QED) is 0.0514. The van der Waals surface area contributed by atoms with Crippen molar-refractivity contribution in [3.63, 3.8) is 0 Å². The van der Waals surface area contributed by atoms with E-state index in [0.29, 0.717) is 0 Å². The summed E-state index contributed by atoms with van der Waals surface area (Å²) in [6.07, 6.45) is 5.34. The van der Waals surface area contributed by atoms with E-state index >= 15 is 0 Å². The average molecular weight is 803 g/mol. The molecule has 0 aromatic rings. The van der Waals surface area contributed by atoms with Crippen molar-refractivity contribution in [2.24, 2.45) is 11.8 Å². The van der Waals surface area contributed by atoms with E-state index in [1.807, 2.05) is 0 Å². The molecule has 0 saturated carbocycles. The van der Waals surface area contributed by atoms with E-state index < -0.39 is 56.8 Å². The van der Waals surface area contributed by atoms with Crippen molar-refractivity contribution in [3.8, 4) is 0 Å². The Kier molecular flexibility index (Phi) is 19.2. The predicted molar refractivity (Wildman–Crippen MR) is 207 cm³/mol. The van der Waals surface area contributed by atoms with Crippen LogP contribution < -0.4 is 0 Å². The molecule has 0 aliphatic heterocycles. The lowest BCUT2D eigenvalue weighted by molar-refractivity contribution is -0.455. The summed E-state index contributed by atoms with van der Waals surface area (Å²) in [6, 6.07) is 0. The number of esters is 2.